The third-order valence-corrected chi connectivity index (χ3v) is 5.12. The summed E-state index contributed by atoms with van der Waals surface area (Å²) in [6.07, 6.45) is 0.926. The van der Waals surface area contributed by atoms with Crippen molar-refractivity contribution in [1.29, 1.82) is 0 Å². The first kappa shape index (κ1) is 16.9. The third-order valence-electron chi connectivity index (χ3n) is 4.13. The number of anilines is 1. The average Bonchev–Trinajstić information content (AvgIpc) is 3.01. The smallest absolute Gasteiger partial charge is 0.387 e. The molecular formula is C17H18F2N2O2S. The van der Waals surface area contributed by atoms with Gasteiger partial charge in [-0.3, -0.25) is 9.69 Å². The summed E-state index contributed by atoms with van der Waals surface area (Å²) in [5, 5.41) is 4.74. The first-order chi connectivity index (χ1) is 11.5. The Hall–Kier alpha value is -1.99. The van der Waals surface area contributed by atoms with Gasteiger partial charge in [0.15, 0.2) is 0 Å². The number of nitrogens with zero attached hydrogens (tertiary/aromatic N) is 1. The van der Waals surface area contributed by atoms with Crippen LogP contribution in [0.15, 0.2) is 35.7 Å². The van der Waals surface area contributed by atoms with Crippen molar-refractivity contribution in [3.63, 3.8) is 0 Å². The number of hydrogen-bond acceptors (Lipinski definition) is 4. The lowest BCUT2D eigenvalue weighted by atomic mass is 10.0. The van der Waals surface area contributed by atoms with E-state index in [0.717, 1.165) is 13.0 Å². The molecule has 7 heteroatoms. The maximum absolute atomic E-state index is 12.4. The van der Waals surface area contributed by atoms with Gasteiger partial charge in [-0.1, -0.05) is 12.1 Å². The predicted octanol–water partition coefficient (Wildman–Crippen LogP) is 3.91. The molecule has 24 heavy (non-hydrogen) atoms. The number of hydrogen-bond donors (Lipinski definition) is 1. The molecule has 1 aromatic heterocycles. The van der Waals surface area contributed by atoms with E-state index >= 15 is 0 Å². The average molecular weight is 352 g/mol. The van der Waals surface area contributed by atoms with E-state index in [1.54, 1.807) is 29.5 Å². The molecule has 0 unspecified atom stereocenters. The summed E-state index contributed by atoms with van der Waals surface area (Å²) in [5.74, 6) is -0.279. The van der Waals surface area contributed by atoms with E-state index in [-0.39, 0.29) is 29.9 Å². The fourth-order valence-electron chi connectivity index (χ4n) is 2.92. The Morgan fingerprint density at radius 2 is 2.21 bits per heavy atom. The van der Waals surface area contributed by atoms with Crippen molar-refractivity contribution >= 4 is 22.9 Å². The number of carbonyl (C=O) groups excluding carboxylic acids is 1. The highest BCUT2D eigenvalue weighted by molar-refractivity contribution is 7.10. The molecule has 0 fully saturated rings. The van der Waals surface area contributed by atoms with Crippen LogP contribution < -0.4 is 10.1 Å². The van der Waals surface area contributed by atoms with Gasteiger partial charge in [0, 0.05) is 17.5 Å². The van der Waals surface area contributed by atoms with E-state index in [4.69, 9.17) is 0 Å². The molecule has 1 amide bonds. The topological polar surface area (TPSA) is 41.6 Å². The lowest BCUT2D eigenvalue weighted by Gasteiger charge is -2.32. The largest absolute Gasteiger partial charge is 0.433 e. The van der Waals surface area contributed by atoms with Crippen LogP contribution in [-0.2, 0) is 11.2 Å². The van der Waals surface area contributed by atoms with Gasteiger partial charge in [-0.05, 0) is 42.5 Å². The zero-order chi connectivity index (χ0) is 17.1. The Morgan fingerprint density at radius 3 is 3.00 bits per heavy atom. The second kappa shape index (κ2) is 7.27. The molecule has 1 N–H and O–H groups in total. The van der Waals surface area contributed by atoms with Crippen LogP contribution in [0.2, 0.25) is 0 Å². The van der Waals surface area contributed by atoms with Gasteiger partial charge < -0.3 is 10.1 Å². The van der Waals surface area contributed by atoms with Crippen molar-refractivity contribution in [1.82, 2.24) is 4.90 Å². The molecule has 4 nitrogen and oxygen atoms in total. The fourth-order valence-corrected chi connectivity index (χ4v) is 3.88. The van der Waals surface area contributed by atoms with Crippen LogP contribution in [0, 0.1) is 0 Å². The van der Waals surface area contributed by atoms with Crippen LogP contribution in [-0.4, -0.2) is 30.5 Å². The predicted molar refractivity (Wildman–Crippen MR) is 89.7 cm³/mol. The lowest BCUT2D eigenvalue weighted by Crippen LogP contribution is -2.39. The summed E-state index contributed by atoms with van der Waals surface area (Å²) in [5.41, 5.74) is 1.52. The number of carbonyl (C=O) groups is 1. The van der Waals surface area contributed by atoms with Crippen LogP contribution >= 0.6 is 11.3 Å². The summed E-state index contributed by atoms with van der Waals surface area (Å²) in [6.45, 7) is 0.157. The van der Waals surface area contributed by atoms with E-state index in [0.29, 0.717) is 0 Å². The van der Waals surface area contributed by atoms with Crippen molar-refractivity contribution in [2.75, 3.05) is 18.4 Å². The number of halogens is 2. The van der Waals surface area contributed by atoms with Gasteiger partial charge >= 0.3 is 6.61 Å². The first-order valence-corrected chi connectivity index (χ1v) is 8.56. The van der Waals surface area contributed by atoms with E-state index in [1.165, 1.54) is 16.5 Å². The summed E-state index contributed by atoms with van der Waals surface area (Å²) in [4.78, 5) is 15.8. The summed E-state index contributed by atoms with van der Waals surface area (Å²) in [7, 11) is 0. The Kier molecular flexibility index (Phi) is 5.11. The van der Waals surface area contributed by atoms with Crippen molar-refractivity contribution in [3.8, 4) is 5.75 Å². The summed E-state index contributed by atoms with van der Waals surface area (Å²) in [6, 6.07) is 8.46. The second-order valence-corrected chi connectivity index (χ2v) is 6.62. The molecule has 1 aliphatic rings. The van der Waals surface area contributed by atoms with Gasteiger partial charge in [0.2, 0.25) is 5.91 Å². The number of thiophene rings is 1. The number of benzene rings is 1. The Labute approximate surface area is 143 Å². The number of rotatable bonds is 5. The number of ether oxygens (including phenoxy) is 1. The Bertz CT molecular complexity index is 720. The van der Waals surface area contributed by atoms with E-state index < -0.39 is 6.61 Å². The first-order valence-electron chi connectivity index (χ1n) is 7.68. The van der Waals surface area contributed by atoms with Gasteiger partial charge in [-0.2, -0.15) is 8.78 Å². The van der Waals surface area contributed by atoms with Crippen LogP contribution in [0.4, 0.5) is 14.5 Å². The Morgan fingerprint density at radius 1 is 1.42 bits per heavy atom. The third kappa shape index (κ3) is 3.73. The van der Waals surface area contributed by atoms with Crippen LogP contribution in [0.1, 0.15) is 23.4 Å². The fraction of sp³-hybridized carbons (Fsp3) is 0.353. The quantitative estimate of drug-likeness (QED) is 0.887. The zero-order valence-corrected chi connectivity index (χ0v) is 14.0. The molecule has 0 radical (unpaired) electrons. The van der Waals surface area contributed by atoms with Crippen molar-refractivity contribution in [2.24, 2.45) is 0 Å². The molecule has 3 rings (SSSR count). The van der Waals surface area contributed by atoms with Gasteiger partial charge in [-0.25, -0.2) is 0 Å². The molecular weight excluding hydrogens is 334 g/mol. The van der Waals surface area contributed by atoms with Crippen LogP contribution in [0.5, 0.6) is 5.75 Å². The maximum atomic E-state index is 12.4. The van der Waals surface area contributed by atoms with E-state index in [9.17, 15) is 13.6 Å². The molecule has 2 heterocycles. The normalized spacial score (nSPS) is 17.6. The van der Waals surface area contributed by atoms with Crippen LogP contribution in [0.25, 0.3) is 0 Å². The minimum Gasteiger partial charge on any atom is -0.433 e. The molecule has 0 bridgehead atoms. The molecule has 2 aromatic rings. The highest BCUT2D eigenvalue weighted by Gasteiger charge is 2.26. The molecule has 1 atom stereocenters. The van der Waals surface area contributed by atoms with Gasteiger partial charge in [0.25, 0.3) is 0 Å². The summed E-state index contributed by atoms with van der Waals surface area (Å²) < 4.78 is 29.3. The second-order valence-electron chi connectivity index (χ2n) is 5.62. The molecule has 128 valence electrons. The van der Waals surface area contributed by atoms with Gasteiger partial charge in [0.1, 0.15) is 5.75 Å². The standard InChI is InChI=1S/C17H18F2N2O2S/c1-11-12-7-9-24-15(12)6-8-21(11)10-16(22)20-13-4-2-3-5-14(13)23-17(18)19/h2-5,7,9,11,17H,6,8,10H2,1H3,(H,20,22)/t11-/m0/s1. The van der Waals surface area contributed by atoms with E-state index in [2.05, 4.69) is 33.3 Å². The molecule has 1 aliphatic heterocycles. The molecule has 0 saturated carbocycles. The highest BCUT2D eigenvalue weighted by atomic mass is 32.1. The molecule has 0 spiro atoms. The monoisotopic (exact) mass is 352 g/mol. The number of nitrogens with one attached hydrogen (secondary N) is 1. The maximum Gasteiger partial charge on any atom is 0.387 e. The van der Waals surface area contributed by atoms with Crippen molar-refractivity contribution < 1.29 is 18.3 Å². The number of alkyl halides is 2. The number of para-hydroxylation sites is 2. The molecule has 1 aromatic carbocycles. The van der Waals surface area contributed by atoms with Crippen molar-refractivity contribution in [2.45, 2.75) is 26.0 Å². The van der Waals surface area contributed by atoms with Gasteiger partial charge in [-0.15, -0.1) is 11.3 Å². The minimum absolute atomic E-state index is 0.0346. The van der Waals surface area contributed by atoms with Gasteiger partial charge in [0.05, 0.1) is 12.2 Å². The zero-order valence-electron chi connectivity index (χ0n) is 13.2. The molecule has 0 aliphatic carbocycles. The highest BCUT2D eigenvalue weighted by Crippen LogP contribution is 2.32. The number of amides is 1. The molecule has 0 saturated heterocycles. The van der Waals surface area contributed by atoms with E-state index in [1.807, 2.05) is 0 Å². The summed E-state index contributed by atoms with van der Waals surface area (Å²) >= 11 is 1.75. The van der Waals surface area contributed by atoms with Crippen LogP contribution in [0.3, 0.4) is 0 Å². The SMILES string of the molecule is C[C@H]1c2ccsc2CCN1CC(=O)Nc1ccccc1OC(F)F. The minimum atomic E-state index is -2.93. The Balaban J connectivity index is 1.65. The lowest BCUT2D eigenvalue weighted by molar-refractivity contribution is -0.118. The van der Waals surface area contributed by atoms with Crippen molar-refractivity contribution in [3.05, 3.63) is 46.2 Å². The number of fused-ring (bicyclic) bond motifs is 1.